The number of methoxy groups -OCH3 is 1. The Morgan fingerprint density at radius 1 is 1.12 bits per heavy atom. The van der Waals surface area contributed by atoms with Gasteiger partial charge >= 0.3 is 0 Å². The van der Waals surface area contributed by atoms with Gasteiger partial charge in [-0.1, -0.05) is 0 Å². The Labute approximate surface area is 196 Å². The SMILES string of the molecule is COc1ccc(-n2nc(C(N)=O)c3c2C(=O)N(C2CCN(N4CCOCC4=O)CC2)CC3)cc1. The van der Waals surface area contributed by atoms with E-state index in [0.29, 0.717) is 61.9 Å². The average molecular weight is 469 g/mol. The van der Waals surface area contributed by atoms with Crippen molar-refractivity contribution in [2.24, 2.45) is 5.73 Å². The Bertz CT molecular complexity index is 1110. The molecule has 0 spiro atoms. The highest BCUT2D eigenvalue weighted by atomic mass is 16.5. The number of fused-ring (bicyclic) bond motifs is 1. The molecule has 0 aliphatic carbocycles. The summed E-state index contributed by atoms with van der Waals surface area (Å²) in [5.74, 6) is -0.143. The van der Waals surface area contributed by atoms with Gasteiger partial charge in [0.1, 0.15) is 18.1 Å². The number of nitrogens with zero attached hydrogens (tertiary/aromatic N) is 5. The van der Waals surface area contributed by atoms with Crippen molar-refractivity contribution in [3.63, 3.8) is 0 Å². The minimum Gasteiger partial charge on any atom is -0.497 e. The summed E-state index contributed by atoms with van der Waals surface area (Å²) >= 11 is 0. The molecular weight excluding hydrogens is 440 g/mol. The number of piperidine rings is 1. The average Bonchev–Trinajstić information content (AvgIpc) is 3.26. The van der Waals surface area contributed by atoms with Gasteiger partial charge in [0, 0.05) is 31.2 Å². The first kappa shape index (κ1) is 22.4. The number of primary amides is 1. The van der Waals surface area contributed by atoms with Crippen LogP contribution in [0.3, 0.4) is 0 Å². The van der Waals surface area contributed by atoms with Gasteiger partial charge in [-0.3, -0.25) is 19.4 Å². The molecule has 3 amide bonds. The standard InChI is InChI=1S/C23H28N6O5/c1-33-17-4-2-16(3-5-17)29-21-18(20(25-29)22(24)31)8-11-27(23(21)32)15-6-9-26(10-7-15)28-12-13-34-14-19(28)30/h2-5,15H,6-14H2,1H3,(H2,24,31). The topological polar surface area (TPSA) is 123 Å². The van der Waals surface area contributed by atoms with E-state index >= 15 is 0 Å². The van der Waals surface area contributed by atoms with E-state index in [4.69, 9.17) is 15.2 Å². The highest BCUT2D eigenvalue weighted by Gasteiger charge is 2.39. The molecule has 2 fully saturated rings. The van der Waals surface area contributed by atoms with E-state index in [9.17, 15) is 14.4 Å². The maximum Gasteiger partial charge on any atom is 0.273 e. The fourth-order valence-electron chi connectivity index (χ4n) is 5.05. The number of aromatic nitrogens is 2. The summed E-state index contributed by atoms with van der Waals surface area (Å²) < 4.78 is 12.0. The van der Waals surface area contributed by atoms with Crippen LogP contribution in [0.25, 0.3) is 5.69 Å². The molecule has 4 heterocycles. The van der Waals surface area contributed by atoms with Crippen LogP contribution in [0.1, 0.15) is 39.4 Å². The third-order valence-corrected chi connectivity index (χ3v) is 6.78. The Kier molecular flexibility index (Phi) is 5.96. The number of amides is 3. The molecule has 11 heteroatoms. The number of benzene rings is 1. The zero-order valence-corrected chi connectivity index (χ0v) is 19.1. The van der Waals surface area contributed by atoms with Gasteiger partial charge in [0.25, 0.3) is 17.7 Å². The highest BCUT2D eigenvalue weighted by molar-refractivity contribution is 6.01. The molecule has 3 aliphatic heterocycles. The van der Waals surface area contributed by atoms with Crippen molar-refractivity contribution in [3.8, 4) is 11.4 Å². The molecule has 2 N–H and O–H groups in total. The molecule has 1 aromatic heterocycles. The number of hydrogen-bond donors (Lipinski definition) is 1. The van der Waals surface area contributed by atoms with Crippen molar-refractivity contribution in [3.05, 3.63) is 41.2 Å². The Balaban J connectivity index is 1.38. The monoisotopic (exact) mass is 468 g/mol. The lowest BCUT2D eigenvalue weighted by molar-refractivity contribution is -0.168. The van der Waals surface area contributed by atoms with E-state index in [2.05, 4.69) is 10.1 Å². The molecule has 3 aliphatic rings. The minimum atomic E-state index is -0.645. The molecule has 0 unspecified atom stereocenters. The third-order valence-electron chi connectivity index (χ3n) is 6.78. The lowest BCUT2D eigenvalue weighted by Gasteiger charge is -2.44. The number of carbonyl (C=O) groups is 3. The van der Waals surface area contributed by atoms with Gasteiger partial charge in [0.05, 0.1) is 25.9 Å². The van der Waals surface area contributed by atoms with E-state index in [1.807, 2.05) is 4.90 Å². The van der Waals surface area contributed by atoms with E-state index in [1.165, 1.54) is 4.68 Å². The Morgan fingerprint density at radius 3 is 2.50 bits per heavy atom. The van der Waals surface area contributed by atoms with E-state index < -0.39 is 5.91 Å². The van der Waals surface area contributed by atoms with E-state index in [0.717, 1.165) is 12.8 Å². The van der Waals surface area contributed by atoms with Gasteiger partial charge in [0.15, 0.2) is 5.69 Å². The second kappa shape index (κ2) is 9.07. The van der Waals surface area contributed by atoms with Crippen molar-refractivity contribution < 1.29 is 23.9 Å². The van der Waals surface area contributed by atoms with E-state index in [-0.39, 0.29) is 30.2 Å². The molecule has 0 saturated carbocycles. The van der Waals surface area contributed by atoms with Crippen molar-refractivity contribution in [2.75, 3.05) is 46.5 Å². The van der Waals surface area contributed by atoms with Gasteiger partial charge in [-0.05, 0) is 43.5 Å². The van der Waals surface area contributed by atoms with Crippen molar-refractivity contribution in [1.29, 1.82) is 0 Å². The highest BCUT2D eigenvalue weighted by Crippen LogP contribution is 2.30. The third kappa shape index (κ3) is 3.90. The number of hydrazine groups is 1. The maximum absolute atomic E-state index is 13.7. The lowest BCUT2D eigenvalue weighted by Crippen LogP contribution is -2.57. The van der Waals surface area contributed by atoms with Crippen LogP contribution >= 0.6 is 0 Å². The van der Waals surface area contributed by atoms with Crippen LogP contribution in [-0.4, -0.2) is 95.0 Å². The molecule has 0 bridgehead atoms. The molecular formula is C23H28N6O5. The fraction of sp³-hybridized carbons (Fsp3) is 0.478. The Morgan fingerprint density at radius 2 is 1.85 bits per heavy atom. The van der Waals surface area contributed by atoms with Gasteiger partial charge in [-0.15, -0.1) is 0 Å². The first-order valence-corrected chi connectivity index (χ1v) is 11.5. The number of morpholine rings is 1. The minimum absolute atomic E-state index is 0.0224. The van der Waals surface area contributed by atoms with Crippen LogP contribution in [0.15, 0.2) is 24.3 Å². The molecule has 0 radical (unpaired) electrons. The van der Waals surface area contributed by atoms with Gasteiger partial charge in [-0.2, -0.15) is 5.10 Å². The number of carbonyl (C=O) groups excluding carboxylic acids is 3. The predicted octanol–water partition coefficient (Wildman–Crippen LogP) is 0.216. The summed E-state index contributed by atoms with van der Waals surface area (Å²) in [7, 11) is 1.58. The van der Waals surface area contributed by atoms with Crippen LogP contribution in [0.2, 0.25) is 0 Å². The van der Waals surface area contributed by atoms with Gasteiger partial charge in [0.2, 0.25) is 0 Å². The largest absolute Gasteiger partial charge is 0.497 e. The normalized spacial score (nSPS) is 19.9. The summed E-state index contributed by atoms with van der Waals surface area (Å²) in [6, 6.07) is 7.19. The summed E-state index contributed by atoms with van der Waals surface area (Å²) in [6.07, 6.45) is 2.02. The van der Waals surface area contributed by atoms with Crippen molar-refractivity contribution in [1.82, 2.24) is 24.7 Å². The molecule has 34 heavy (non-hydrogen) atoms. The van der Waals surface area contributed by atoms with Crippen LogP contribution in [0, 0.1) is 0 Å². The molecule has 11 nitrogen and oxygen atoms in total. The van der Waals surface area contributed by atoms with Crippen molar-refractivity contribution in [2.45, 2.75) is 25.3 Å². The summed E-state index contributed by atoms with van der Waals surface area (Å²) in [4.78, 5) is 39.8. The number of nitrogens with two attached hydrogens (primary N) is 1. The molecule has 5 rings (SSSR count). The molecule has 2 aromatic rings. The zero-order valence-electron chi connectivity index (χ0n) is 19.1. The van der Waals surface area contributed by atoms with Crippen LogP contribution in [0.5, 0.6) is 5.75 Å². The zero-order chi connectivity index (χ0) is 23.8. The molecule has 0 atom stereocenters. The summed E-state index contributed by atoms with van der Waals surface area (Å²) in [5.41, 5.74) is 7.36. The summed E-state index contributed by atoms with van der Waals surface area (Å²) in [6.45, 7) is 3.10. The molecule has 180 valence electrons. The van der Waals surface area contributed by atoms with Gasteiger partial charge in [-0.25, -0.2) is 9.69 Å². The van der Waals surface area contributed by atoms with Crippen molar-refractivity contribution >= 4 is 17.7 Å². The fourth-order valence-corrected chi connectivity index (χ4v) is 5.05. The first-order valence-electron chi connectivity index (χ1n) is 11.5. The second-order valence-corrected chi connectivity index (χ2v) is 8.65. The Hall–Kier alpha value is -3.44. The smallest absolute Gasteiger partial charge is 0.273 e. The van der Waals surface area contributed by atoms with Crippen LogP contribution in [0.4, 0.5) is 0 Å². The summed E-state index contributed by atoms with van der Waals surface area (Å²) in [5, 5.41) is 8.25. The molecule has 2 saturated heterocycles. The molecule has 1 aromatic carbocycles. The number of hydrogen-bond acceptors (Lipinski definition) is 7. The van der Waals surface area contributed by atoms with Gasteiger partial charge < -0.3 is 20.1 Å². The maximum atomic E-state index is 13.7. The quantitative estimate of drug-likeness (QED) is 0.666. The second-order valence-electron chi connectivity index (χ2n) is 8.65. The first-order chi connectivity index (χ1) is 16.5. The van der Waals surface area contributed by atoms with Crippen LogP contribution < -0.4 is 10.5 Å². The van der Waals surface area contributed by atoms with E-state index in [1.54, 1.807) is 36.4 Å². The predicted molar refractivity (Wildman–Crippen MR) is 121 cm³/mol. The number of ether oxygens (including phenoxy) is 2. The lowest BCUT2D eigenvalue weighted by atomic mass is 9.97. The number of rotatable bonds is 5. The van der Waals surface area contributed by atoms with Crippen LogP contribution in [-0.2, 0) is 16.0 Å².